The Bertz CT molecular complexity index is 1010. The molecule has 0 aliphatic carbocycles. The number of ether oxygens (including phenoxy) is 3. The van der Waals surface area contributed by atoms with Crippen molar-refractivity contribution in [2.75, 3.05) is 14.2 Å². The van der Waals surface area contributed by atoms with Crippen molar-refractivity contribution in [3.05, 3.63) is 62.9 Å². The van der Waals surface area contributed by atoms with E-state index in [0.717, 1.165) is 5.69 Å². The van der Waals surface area contributed by atoms with E-state index in [9.17, 15) is 10.1 Å². The molecular weight excluding hydrogens is 334 g/mol. The second kappa shape index (κ2) is 6.48. The number of methoxy groups -OCH3 is 2. The molecular formula is C19H19N3O4. The molecule has 0 saturated carbocycles. The summed E-state index contributed by atoms with van der Waals surface area (Å²) in [4.78, 5) is 13.0. The highest BCUT2D eigenvalue weighted by Gasteiger charge is 2.35. The molecule has 0 radical (unpaired) electrons. The molecule has 1 aromatic heterocycles. The Kier molecular flexibility index (Phi) is 4.34. The minimum Gasteiger partial charge on any atom is -0.497 e. The maximum atomic E-state index is 13.0. The number of nitrogens with two attached hydrogens (primary N) is 1. The molecule has 7 heteroatoms. The largest absolute Gasteiger partial charge is 0.497 e. The quantitative estimate of drug-likeness (QED) is 0.905. The summed E-state index contributed by atoms with van der Waals surface area (Å²) in [6.07, 6.45) is 0. The van der Waals surface area contributed by atoms with Gasteiger partial charge in [-0.25, -0.2) is 0 Å². The number of nitriles is 1. The number of pyridine rings is 1. The van der Waals surface area contributed by atoms with E-state index >= 15 is 0 Å². The van der Waals surface area contributed by atoms with Crippen LogP contribution in [0.15, 0.2) is 40.5 Å². The molecule has 134 valence electrons. The van der Waals surface area contributed by atoms with Crippen molar-refractivity contribution in [2.45, 2.75) is 12.8 Å². The van der Waals surface area contributed by atoms with Gasteiger partial charge in [0.25, 0.3) is 5.56 Å². The van der Waals surface area contributed by atoms with Crippen molar-refractivity contribution < 1.29 is 14.2 Å². The normalized spacial score (nSPS) is 15.7. The van der Waals surface area contributed by atoms with E-state index in [1.165, 1.54) is 11.7 Å². The minimum atomic E-state index is -0.715. The van der Waals surface area contributed by atoms with Gasteiger partial charge in [0.1, 0.15) is 28.9 Å². The molecule has 0 fully saturated rings. The van der Waals surface area contributed by atoms with Crippen LogP contribution in [-0.4, -0.2) is 18.8 Å². The molecule has 1 aliphatic heterocycles. The highest BCUT2D eigenvalue weighted by Crippen LogP contribution is 2.44. The Morgan fingerprint density at radius 2 is 2.00 bits per heavy atom. The van der Waals surface area contributed by atoms with Gasteiger partial charge in [0.15, 0.2) is 0 Å². The lowest BCUT2D eigenvalue weighted by Crippen LogP contribution is -2.31. The van der Waals surface area contributed by atoms with Crippen LogP contribution in [0.1, 0.15) is 22.7 Å². The maximum Gasteiger partial charge on any atom is 0.258 e. The monoisotopic (exact) mass is 353 g/mol. The van der Waals surface area contributed by atoms with Crippen molar-refractivity contribution in [3.63, 3.8) is 0 Å². The van der Waals surface area contributed by atoms with Crippen molar-refractivity contribution in [2.24, 2.45) is 12.8 Å². The first-order chi connectivity index (χ1) is 12.4. The third-order valence-electron chi connectivity index (χ3n) is 4.60. The second-order valence-electron chi connectivity index (χ2n) is 5.96. The van der Waals surface area contributed by atoms with Crippen LogP contribution >= 0.6 is 0 Å². The van der Waals surface area contributed by atoms with Crippen LogP contribution in [0.4, 0.5) is 0 Å². The van der Waals surface area contributed by atoms with Gasteiger partial charge in [0.2, 0.25) is 5.88 Å². The Hall–Kier alpha value is -3.40. The van der Waals surface area contributed by atoms with Gasteiger partial charge < -0.3 is 24.5 Å². The summed E-state index contributed by atoms with van der Waals surface area (Å²) in [5, 5.41) is 9.67. The molecule has 26 heavy (non-hydrogen) atoms. The molecule has 1 atom stereocenters. The van der Waals surface area contributed by atoms with E-state index < -0.39 is 5.92 Å². The number of hydrogen-bond acceptors (Lipinski definition) is 6. The van der Waals surface area contributed by atoms with E-state index in [-0.39, 0.29) is 17.0 Å². The zero-order valence-electron chi connectivity index (χ0n) is 15.0. The van der Waals surface area contributed by atoms with E-state index in [1.54, 1.807) is 45.3 Å². The van der Waals surface area contributed by atoms with Gasteiger partial charge in [0.05, 0.1) is 25.7 Å². The SMILES string of the molecule is COc1ccc(OC)c([C@@H]2C(C#N)=C(N)Oc3cc(C)n(C)c(=O)c32)c1. The zero-order chi connectivity index (χ0) is 19.0. The summed E-state index contributed by atoms with van der Waals surface area (Å²) in [6, 6.07) is 9.02. The number of fused-ring (bicyclic) bond motifs is 1. The lowest BCUT2D eigenvalue weighted by Gasteiger charge is -2.27. The van der Waals surface area contributed by atoms with Crippen LogP contribution in [-0.2, 0) is 7.05 Å². The third-order valence-corrected chi connectivity index (χ3v) is 4.60. The van der Waals surface area contributed by atoms with E-state index in [4.69, 9.17) is 19.9 Å². The number of benzene rings is 1. The fraction of sp³-hybridized carbons (Fsp3) is 0.263. The first-order valence-corrected chi connectivity index (χ1v) is 7.93. The minimum absolute atomic E-state index is 0.0254. The third kappa shape index (κ3) is 2.56. The maximum absolute atomic E-state index is 13.0. The van der Waals surface area contributed by atoms with Gasteiger partial charge in [-0.3, -0.25) is 4.79 Å². The van der Waals surface area contributed by atoms with Crippen LogP contribution in [0.25, 0.3) is 0 Å². The average Bonchev–Trinajstić information content (AvgIpc) is 2.64. The summed E-state index contributed by atoms with van der Waals surface area (Å²) in [7, 11) is 4.74. The standard InChI is InChI=1S/C19H19N3O4/c1-10-7-15-17(19(23)22(10)2)16(13(9-20)18(21)26-15)12-8-11(24-3)5-6-14(12)25-4/h5-8,16H,21H2,1-4H3/t16-/m1/s1. The van der Waals surface area contributed by atoms with Gasteiger partial charge in [-0.1, -0.05) is 0 Å². The smallest absolute Gasteiger partial charge is 0.258 e. The van der Waals surface area contributed by atoms with Crippen molar-refractivity contribution >= 4 is 0 Å². The summed E-state index contributed by atoms with van der Waals surface area (Å²) >= 11 is 0. The molecule has 2 N–H and O–H groups in total. The topological polar surface area (TPSA) is 99.5 Å². The van der Waals surface area contributed by atoms with E-state index in [1.807, 2.05) is 0 Å². The van der Waals surface area contributed by atoms with Gasteiger partial charge in [-0.2, -0.15) is 5.26 Å². The second-order valence-corrected chi connectivity index (χ2v) is 5.96. The first kappa shape index (κ1) is 17.4. The molecule has 0 saturated heterocycles. The van der Waals surface area contributed by atoms with E-state index in [0.29, 0.717) is 28.4 Å². The predicted molar refractivity (Wildman–Crippen MR) is 95.3 cm³/mol. The highest BCUT2D eigenvalue weighted by molar-refractivity contribution is 5.59. The fourth-order valence-electron chi connectivity index (χ4n) is 3.12. The van der Waals surface area contributed by atoms with E-state index in [2.05, 4.69) is 6.07 Å². The molecule has 0 bridgehead atoms. The number of allylic oxidation sites excluding steroid dienone is 1. The number of nitrogens with zero attached hydrogens (tertiary/aromatic N) is 2. The first-order valence-electron chi connectivity index (χ1n) is 7.93. The van der Waals surface area contributed by atoms with Crippen LogP contribution in [0.5, 0.6) is 17.2 Å². The molecule has 1 aliphatic rings. The van der Waals surface area contributed by atoms with Crippen molar-refractivity contribution in [1.82, 2.24) is 4.57 Å². The molecule has 3 rings (SSSR count). The number of aryl methyl sites for hydroxylation is 1. The molecule has 7 nitrogen and oxygen atoms in total. The molecule has 0 amide bonds. The molecule has 2 aromatic rings. The van der Waals surface area contributed by atoms with Gasteiger partial charge >= 0.3 is 0 Å². The number of aromatic nitrogens is 1. The van der Waals surface area contributed by atoms with Crippen LogP contribution < -0.4 is 25.5 Å². The fourth-order valence-corrected chi connectivity index (χ4v) is 3.12. The summed E-state index contributed by atoms with van der Waals surface area (Å²) in [6.45, 7) is 1.80. The van der Waals surface area contributed by atoms with Gasteiger partial charge in [0, 0.05) is 24.4 Å². The van der Waals surface area contributed by atoms with Crippen molar-refractivity contribution in [3.8, 4) is 23.3 Å². The van der Waals surface area contributed by atoms with Gasteiger partial charge in [-0.05, 0) is 25.1 Å². The molecule has 0 spiro atoms. The Morgan fingerprint density at radius 1 is 1.27 bits per heavy atom. The van der Waals surface area contributed by atoms with Crippen LogP contribution in [0.3, 0.4) is 0 Å². The Balaban J connectivity index is 2.39. The molecule has 2 heterocycles. The molecule has 0 unspecified atom stereocenters. The van der Waals surface area contributed by atoms with Crippen molar-refractivity contribution in [1.29, 1.82) is 5.26 Å². The number of rotatable bonds is 3. The summed E-state index contributed by atoms with van der Waals surface area (Å²) < 4.78 is 17.9. The lowest BCUT2D eigenvalue weighted by molar-refractivity contribution is 0.380. The van der Waals surface area contributed by atoms with Crippen LogP contribution in [0.2, 0.25) is 0 Å². The van der Waals surface area contributed by atoms with Gasteiger partial charge in [-0.15, -0.1) is 0 Å². The Labute approximate surface area is 150 Å². The lowest BCUT2D eigenvalue weighted by atomic mass is 9.83. The Morgan fingerprint density at radius 3 is 2.62 bits per heavy atom. The zero-order valence-corrected chi connectivity index (χ0v) is 15.0. The predicted octanol–water partition coefficient (Wildman–Crippen LogP) is 1.93. The average molecular weight is 353 g/mol. The molecule has 1 aromatic carbocycles. The summed E-state index contributed by atoms with van der Waals surface area (Å²) in [5.41, 5.74) is 7.56. The number of hydrogen-bond donors (Lipinski definition) is 1. The summed E-state index contributed by atoms with van der Waals surface area (Å²) in [5.74, 6) is 0.702. The highest BCUT2D eigenvalue weighted by atomic mass is 16.5. The van der Waals surface area contributed by atoms with Crippen LogP contribution in [0, 0.1) is 18.3 Å².